The van der Waals surface area contributed by atoms with Crippen molar-refractivity contribution in [3.05, 3.63) is 59.4 Å². The van der Waals surface area contributed by atoms with E-state index in [1.165, 1.54) is 6.07 Å². The predicted molar refractivity (Wildman–Crippen MR) is 85.0 cm³/mol. The Balaban J connectivity index is 2.21. The van der Waals surface area contributed by atoms with Gasteiger partial charge in [-0.2, -0.15) is 18.4 Å². The van der Waals surface area contributed by atoms with Crippen molar-refractivity contribution in [2.75, 3.05) is 6.61 Å². The monoisotopic (exact) mass is 332 g/mol. The van der Waals surface area contributed by atoms with Crippen molar-refractivity contribution < 1.29 is 17.9 Å². The maximum Gasteiger partial charge on any atom is 0.417 e. The molecule has 0 aliphatic heterocycles. The van der Waals surface area contributed by atoms with Crippen LogP contribution in [0.4, 0.5) is 13.2 Å². The largest absolute Gasteiger partial charge is 0.494 e. The molecule has 0 saturated heterocycles. The van der Waals surface area contributed by atoms with Gasteiger partial charge in [0.1, 0.15) is 11.8 Å². The molecule has 1 aromatic heterocycles. The first kappa shape index (κ1) is 17.5. The summed E-state index contributed by atoms with van der Waals surface area (Å²) in [6.45, 7) is 2.63. The number of aromatic nitrogens is 1. The number of allylic oxidation sites excluding steroid dienone is 1. The molecule has 2 rings (SSSR count). The van der Waals surface area contributed by atoms with Crippen LogP contribution < -0.4 is 4.74 Å². The first-order chi connectivity index (χ1) is 11.4. The van der Waals surface area contributed by atoms with Crippen LogP contribution >= 0.6 is 0 Å². The first-order valence-electron chi connectivity index (χ1n) is 7.32. The number of nitriles is 1. The molecule has 2 aromatic rings. The Morgan fingerprint density at radius 3 is 2.42 bits per heavy atom. The van der Waals surface area contributed by atoms with Crippen LogP contribution in [0.25, 0.3) is 11.6 Å². The number of alkyl halides is 3. The highest BCUT2D eigenvalue weighted by atomic mass is 19.4. The number of hydrogen-bond acceptors (Lipinski definition) is 3. The van der Waals surface area contributed by atoms with Gasteiger partial charge in [0.05, 0.1) is 23.4 Å². The van der Waals surface area contributed by atoms with Gasteiger partial charge >= 0.3 is 6.18 Å². The number of hydrogen-bond donors (Lipinski definition) is 0. The van der Waals surface area contributed by atoms with Gasteiger partial charge in [0.2, 0.25) is 0 Å². The lowest BCUT2D eigenvalue weighted by Crippen LogP contribution is -2.05. The van der Waals surface area contributed by atoms with Gasteiger partial charge in [0, 0.05) is 6.20 Å². The summed E-state index contributed by atoms with van der Waals surface area (Å²) in [7, 11) is 0. The molecule has 0 saturated carbocycles. The molecule has 0 amide bonds. The van der Waals surface area contributed by atoms with Crippen molar-refractivity contribution in [2.45, 2.75) is 19.5 Å². The summed E-state index contributed by atoms with van der Waals surface area (Å²) in [5.74, 6) is 0.722. The average Bonchev–Trinajstić information content (AvgIpc) is 2.58. The molecule has 0 fully saturated rings. The summed E-state index contributed by atoms with van der Waals surface area (Å²) in [5, 5.41) is 9.24. The zero-order chi connectivity index (χ0) is 17.6. The second-order valence-corrected chi connectivity index (χ2v) is 5.02. The fourth-order valence-electron chi connectivity index (χ4n) is 1.93. The topological polar surface area (TPSA) is 45.9 Å². The molecule has 24 heavy (non-hydrogen) atoms. The molecule has 1 aromatic carbocycles. The van der Waals surface area contributed by atoms with E-state index in [1.807, 2.05) is 13.0 Å². The van der Waals surface area contributed by atoms with Crippen LogP contribution in [0.2, 0.25) is 0 Å². The fraction of sp³-hybridized carbons (Fsp3) is 0.222. The molecule has 3 nitrogen and oxygen atoms in total. The van der Waals surface area contributed by atoms with Gasteiger partial charge in [-0.3, -0.25) is 4.98 Å². The summed E-state index contributed by atoms with van der Waals surface area (Å²) < 4.78 is 43.1. The quantitative estimate of drug-likeness (QED) is 0.728. The lowest BCUT2D eigenvalue weighted by Gasteiger charge is -2.07. The highest BCUT2D eigenvalue weighted by Crippen LogP contribution is 2.29. The normalized spacial score (nSPS) is 11.9. The Morgan fingerprint density at radius 1 is 1.21 bits per heavy atom. The van der Waals surface area contributed by atoms with E-state index in [2.05, 4.69) is 4.98 Å². The summed E-state index contributed by atoms with van der Waals surface area (Å²) in [4.78, 5) is 3.74. The Morgan fingerprint density at radius 2 is 1.92 bits per heavy atom. The van der Waals surface area contributed by atoms with Crippen LogP contribution in [0, 0.1) is 11.3 Å². The second kappa shape index (κ2) is 7.64. The van der Waals surface area contributed by atoms with Crippen LogP contribution in [0.3, 0.4) is 0 Å². The van der Waals surface area contributed by atoms with E-state index in [4.69, 9.17) is 4.74 Å². The fourth-order valence-corrected chi connectivity index (χ4v) is 1.93. The number of halogens is 3. The van der Waals surface area contributed by atoms with Gasteiger partial charge in [0.25, 0.3) is 0 Å². The standard InChI is InChI=1S/C18H15F3N2O/c1-2-9-24-16-6-3-13(4-7-16)10-14(11-22)17-8-5-15(12-23-17)18(19,20)21/h3-8,10,12H,2,9H2,1H3/b14-10+. The molecule has 0 bridgehead atoms. The molecular weight excluding hydrogens is 317 g/mol. The summed E-state index contributed by atoms with van der Waals surface area (Å²) >= 11 is 0. The van der Waals surface area contributed by atoms with Crippen molar-refractivity contribution in [3.63, 3.8) is 0 Å². The molecule has 1 heterocycles. The molecule has 0 N–H and O–H groups in total. The minimum absolute atomic E-state index is 0.186. The molecule has 0 unspecified atom stereocenters. The second-order valence-electron chi connectivity index (χ2n) is 5.02. The minimum Gasteiger partial charge on any atom is -0.494 e. The van der Waals surface area contributed by atoms with E-state index in [0.29, 0.717) is 6.61 Å². The maximum atomic E-state index is 12.5. The van der Waals surface area contributed by atoms with Crippen LogP contribution in [0.1, 0.15) is 30.2 Å². The number of pyridine rings is 1. The SMILES string of the molecule is CCCOc1ccc(/C=C(\C#N)c2ccc(C(F)(F)F)cn2)cc1. The Bertz CT molecular complexity index is 742. The maximum absolute atomic E-state index is 12.5. The highest BCUT2D eigenvalue weighted by molar-refractivity contribution is 5.88. The van der Waals surface area contributed by atoms with Gasteiger partial charge in [-0.05, 0) is 42.3 Å². The lowest BCUT2D eigenvalue weighted by atomic mass is 10.1. The summed E-state index contributed by atoms with van der Waals surface area (Å²) in [5.41, 5.74) is 0.265. The van der Waals surface area contributed by atoms with Crippen molar-refractivity contribution in [1.29, 1.82) is 5.26 Å². The van der Waals surface area contributed by atoms with E-state index in [0.717, 1.165) is 30.0 Å². The van der Waals surface area contributed by atoms with Crippen LogP contribution in [0.5, 0.6) is 5.75 Å². The van der Waals surface area contributed by atoms with Crippen molar-refractivity contribution >= 4 is 11.6 Å². The number of benzene rings is 1. The first-order valence-corrected chi connectivity index (χ1v) is 7.32. The number of nitrogens with zero attached hydrogens (tertiary/aromatic N) is 2. The van der Waals surface area contributed by atoms with E-state index in [9.17, 15) is 18.4 Å². The smallest absolute Gasteiger partial charge is 0.417 e. The third-order valence-electron chi connectivity index (χ3n) is 3.15. The van der Waals surface area contributed by atoms with Gasteiger partial charge in [-0.25, -0.2) is 0 Å². The Hall–Kier alpha value is -2.81. The van der Waals surface area contributed by atoms with Gasteiger partial charge < -0.3 is 4.74 Å². The van der Waals surface area contributed by atoms with Gasteiger partial charge in [0.15, 0.2) is 0 Å². The predicted octanol–water partition coefficient (Wildman–Crippen LogP) is 4.95. The number of rotatable bonds is 5. The summed E-state index contributed by atoms with van der Waals surface area (Å²) in [6, 6.07) is 11.2. The molecule has 0 aliphatic carbocycles. The highest BCUT2D eigenvalue weighted by Gasteiger charge is 2.30. The Labute approximate surface area is 138 Å². The molecule has 0 atom stereocenters. The zero-order valence-electron chi connectivity index (χ0n) is 13.0. The molecule has 0 radical (unpaired) electrons. The molecule has 0 spiro atoms. The molecular formula is C18H15F3N2O. The zero-order valence-corrected chi connectivity index (χ0v) is 13.0. The molecule has 6 heteroatoms. The van der Waals surface area contributed by atoms with Crippen LogP contribution in [0.15, 0.2) is 42.6 Å². The van der Waals surface area contributed by atoms with Crippen molar-refractivity contribution in [1.82, 2.24) is 4.98 Å². The van der Waals surface area contributed by atoms with E-state index in [-0.39, 0.29) is 11.3 Å². The van der Waals surface area contributed by atoms with Gasteiger partial charge in [-0.15, -0.1) is 0 Å². The molecule has 0 aliphatic rings. The van der Waals surface area contributed by atoms with Crippen LogP contribution in [-0.4, -0.2) is 11.6 Å². The van der Waals surface area contributed by atoms with Crippen LogP contribution in [-0.2, 0) is 6.18 Å². The van der Waals surface area contributed by atoms with E-state index < -0.39 is 11.7 Å². The van der Waals surface area contributed by atoms with Crippen molar-refractivity contribution in [2.24, 2.45) is 0 Å². The minimum atomic E-state index is -4.45. The third kappa shape index (κ3) is 4.59. The van der Waals surface area contributed by atoms with E-state index >= 15 is 0 Å². The van der Waals surface area contributed by atoms with E-state index in [1.54, 1.807) is 30.3 Å². The van der Waals surface area contributed by atoms with Crippen molar-refractivity contribution in [3.8, 4) is 11.8 Å². The van der Waals surface area contributed by atoms with Gasteiger partial charge in [-0.1, -0.05) is 19.1 Å². The lowest BCUT2D eigenvalue weighted by molar-refractivity contribution is -0.137. The number of ether oxygens (including phenoxy) is 1. The Kier molecular flexibility index (Phi) is 5.59. The third-order valence-corrected chi connectivity index (χ3v) is 3.15. The molecule has 124 valence electrons. The average molecular weight is 332 g/mol. The summed E-state index contributed by atoms with van der Waals surface area (Å²) in [6.07, 6.45) is -1.25.